The van der Waals surface area contributed by atoms with Gasteiger partial charge in [-0.2, -0.15) is 0 Å². The van der Waals surface area contributed by atoms with Crippen LogP contribution >= 0.6 is 11.6 Å². The number of carbonyl (C=O) groups is 1. The predicted octanol–water partition coefficient (Wildman–Crippen LogP) is 5.72. The minimum atomic E-state index is -0.131. The number of nitrogens with one attached hydrogen (secondary N) is 1. The van der Waals surface area contributed by atoms with Gasteiger partial charge in [0.25, 0.3) is 0 Å². The Morgan fingerprint density at radius 1 is 1.12 bits per heavy atom. The van der Waals surface area contributed by atoms with Crippen LogP contribution < -0.4 is 5.32 Å². The molecule has 0 aliphatic rings. The van der Waals surface area contributed by atoms with Crippen LogP contribution in [0.3, 0.4) is 0 Å². The molecule has 3 aromatic rings. The molecular weight excluding hydrogens is 346 g/mol. The number of anilines is 1. The molecule has 134 valence electrons. The van der Waals surface area contributed by atoms with Crippen LogP contribution in [-0.2, 0) is 6.54 Å². The van der Waals surface area contributed by atoms with Crippen molar-refractivity contribution in [2.45, 2.75) is 26.3 Å². The Labute approximate surface area is 158 Å². The van der Waals surface area contributed by atoms with Gasteiger partial charge in [0.2, 0.25) is 0 Å². The number of unbranched alkanes of at least 4 members (excludes halogenated alkanes) is 1. The third-order valence-electron chi connectivity index (χ3n) is 4.21. The lowest BCUT2D eigenvalue weighted by Gasteiger charge is -2.23. The van der Waals surface area contributed by atoms with Gasteiger partial charge in [-0.15, -0.1) is 0 Å². The maximum absolute atomic E-state index is 12.7. The fourth-order valence-corrected chi connectivity index (χ4v) is 2.98. The normalized spacial score (nSPS) is 10.7. The molecular formula is C21H22ClN3O. The van der Waals surface area contributed by atoms with Crippen molar-refractivity contribution in [1.29, 1.82) is 0 Å². The molecule has 5 heteroatoms. The number of benzene rings is 2. The predicted molar refractivity (Wildman–Crippen MR) is 108 cm³/mol. The highest BCUT2D eigenvalue weighted by atomic mass is 35.5. The van der Waals surface area contributed by atoms with E-state index in [1.807, 2.05) is 60.7 Å². The van der Waals surface area contributed by atoms with Crippen molar-refractivity contribution in [3.05, 3.63) is 71.4 Å². The first kappa shape index (κ1) is 18.2. The molecule has 0 unspecified atom stereocenters. The zero-order chi connectivity index (χ0) is 18.4. The number of hydrogen-bond acceptors (Lipinski definition) is 2. The largest absolute Gasteiger partial charge is 0.322 e. The van der Waals surface area contributed by atoms with Gasteiger partial charge in [-0.05, 0) is 30.7 Å². The van der Waals surface area contributed by atoms with Crippen molar-refractivity contribution in [2.75, 3.05) is 11.9 Å². The van der Waals surface area contributed by atoms with E-state index in [1.54, 1.807) is 4.90 Å². The second kappa shape index (κ2) is 8.68. The summed E-state index contributed by atoms with van der Waals surface area (Å²) in [7, 11) is 0. The Hall–Kier alpha value is -2.59. The van der Waals surface area contributed by atoms with E-state index in [2.05, 4.69) is 17.2 Å². The summed E-state index contributed by atoms with van der Waals surface area (Å²) in [6.45, 7) is 3.20. The number of para-hydroxylation sites is 2. The lowest BCUT2D eigenvalue weighted by atomic mass is 10.1. The summed E-state index contributed by atoms with van der Waals surface area (Å²) in [4.78, 5) is 19.0. The van der Waals surface area contributed by atoms with E-state index >= 15 is 0 Å². The van der Waals surface area contributed by atoms with Crippen LogP contribution in [0.15, 0.2) is 60.7 Å². The number of fused-ring (bicyclic) bond motifs is 1. The molecule has 1 aromatic heterocycles. The molecule has 0 saturated carbocycles. The minimum absolute atomic E-state index is 0.131. The molecule has 0 aliphatic carbocycles. The van der Waals surface area contributed by atoms with Crippen molar-refractivity contribution in [3.8, 4) is 0 Å². The molecule has 0 spiro atoms. The van der Waals surface area contributed by atoms with Crippen molar-refractivity contribution in [1.82, 2.24) is 9.88 Å². The van der Waals surface area contributed by atoms with Crippen LogP contribution in [0.4, 0.5) is 10.5 Å². The van der Waals surface area contributed by atoms with E-state index in [1.165, 1.54) is 0 Å². The van der Waals surface area contributed by atoms with Gasteiger partial charge in [0, 0.05) is 23.2 Å². The van der Waals surface area contributed by atoms with E-state index in [4.69, 9.17) is 11.6 Å². The Morgan fingerprint density at radius 3 is 2.62 bits per heavy atom. The third kappa shape index (κ3) is 4.52. The molecule has 0 atom stereocenters. The average Bonchev–Trinajstić information content (AvgIpc) is 2.66. The number of halogens is 1. The van der Waals surface area contributed by atoms with Crippen LogP contribution in [-0.4, -0.2) is 22.5 Å². The van der Waals surface area contributed by atoms with Gasteiger partial charge in [-0.1, -0.05) is 61.3 Å². The molecule has 4 nitrogen and oxygen atoms in total. The van der Waals surface area contributed by atoms with Crippen LogP contribution in [0.2, 0.25) is 5.15 Å². The van der Waals surface area contributed by atoms with Gasteiger partial charge < -0.3 is 10.2 Å². The monoisotopic (exact) mass is 367 g/mol. The molecule has 0 saturated heterocycles. The van der Waals surface area contributed by atoms with Gasteiger partial charge in [0.15, 0.2) is 0 Å². The summed E-state index contributed by atoms with van der Waals surface area (Å²) in [5, 5.41) is 4.41. The summed E-state index contributed by atoms with van der Waals surface area (Å²) in [5.74, 6) is 0. The zero-order valence-electron chi connectivity index (χ0n) is 14.8. The molecule has 2 amide bonds. The second-order valence-corrected chi connectivity index (χ2v) is 6.56. The van der Waals surface area contributed by atoms with Gasteiger partial charge >= 0.3 is 6.03 Å². The number of nitrogens with zero attached hydrogens (tertiary/aromatic N) is 2. The highest BCUT2D eigenvalue weighted by molar-refractivity contribution is 6.30. The summed E-state index contributed by atoms with van der Waals surface area (Å²) in [6, 6.07) is 19.2. The number of urea groups is 1. The number of rotatable bonds is 6. The average molecular weight is 368 g/mol. The molecule has 0 aliphatic heterocycles. The Bertz CT molecular complexity index is 883. The minimum Gasteiger partial charge on any atom is -0.320 e. The first-order valence-electron chi connectivity index (χ1n) is 8.82. The molecule has 1 heterocycles. The lowest BCUT2D eigenvalue weighted by molar-refractivity contribution is 0.208. The van der Waals surface area contributed by atoms with Gasteiger partial charge in [0.1, 0.15) is 5.15 Å². The molecule has 0 bridgehead atoms. The zero-order valence-corrected chi connectivity index (χ0v) is 15.5. The summed E-state index contributed by atoms with van der Waals surface area (Å²) < 4.78 is 0. The van der Waals surface area contributed by atoms with Crippen molar-refractivity contribution in [2.24, 2.45) is 0 Å². The lowest BCUT2D eigenvalue weighted by Crippen LogP contribution is -2.35. The molecule has 1 N–H and O–H groups in total. The molecule has 3 rings (SSSR count). The smallest absolute Gasteiger partial charge is 0.320 e. The summed E-state index contributed by atoms with van der Waals surface area (Å²) in [5.41, 5.74) is 2.49. The van der Waals surface area contributed by atoms with Crippen molar-refractivity contribution >= 4 is 34.2 Å². The second-order valence-electron chi connectivity index (χ2n) is 6.20. The topological polar surface area (TPSA) is 45.2 Å². The van der Waals surface area contributed by atoms with Crippen molar-refractivity contribution in [3.63, 3.8) is 0 Å². The molecule has 26 heavy (non-hydrogen) atoms. The Morgan fingerprint density at radius 2 is 1.85 bits per heavy atom. The SMILES string of the molecule is CCCCN(Cc1cc2ccccc2nc1Cl)C(=O)Nc1ccccc1. The van der Waals surface area contributed by atoms with E-state index in [0.29, 0.717) is 18.2 Å². The number of pyridine rings is 1. The van der Waals surface area contributed by atoms with E-state index in [-0.39, 0.29) is 6.03 Å². The molecule has 2 aromatic carbocycles. The number of hydrogen-bond donors (Lipinski definition) is 1. The number of aromatic nitrogens is 1. The summed E-state index contributed by atoms with van der Waals surface area (Å²) in [6.07, 6.45) is 1.94. The van der Waals surface area contributed by atoms with Crippen LogP contribution in [0.1, 0.15) is 25.3 Å². The standard InChI is InChI=1S/C21H22ClN3O/c1-2-3-13-25(21(26)23-18-10-5-4-6-11-18)15-17-14-16-9-7-8-12-19(16)24-20(17)22/h4-12,14H,2-3,13,15H2,1H3,(H,23,26). The maximum Gasteiger partial charge on any atom is 0.322 e. The van der Waals surface area contributed by atoms with Gasteiger partial charge in [-0.25, -0.2) is 9.78 Å². The van der Waals surface area contributed by atoms with Crippen LogP contribution in [0.5, 0.6) is 0 Å². The molecule has 0 radical (unpaired) electrons. The fraction of sp³-hybridized carbons (Fsp3) is 0.238. The fourth-order valence-electron chi connectivity index (χ4n) is 2.78. The van der Waals surface area contributed by atoms with E-state index < -0.39 is 0 Å². The Balaban J connectivity index is 1.81. The first-order valence-corrected chi connectivity index (χ1v) is 9.20. The Kier molecular flexibility index (Phi) is 6.08. The van der Waals surface area contributed by atoms with Crippen LogP contribution in [0.25, 0.3) is 10.9 Å². The highest BCUT2D eigenvalue weighted by Crippen LogP contribution is 2.22. The molecule has 0 fully saturated rings. The quantitative estimate of drug-likeness (QED) is 0.566. The number of amides is 2. The number of carbonyl (C=O) groups excluding carboxylic acids is 1. The highest BCUT2D eigenvalue weighted by Gasteiger charge is 2.16. The third-order valence-corrected chi connectivity index (χ3v) is 4.53. The van der Waals surface area contributed by atoms with Gasteiger partial charge in [0.05, 0.1) is 12.1 Å². The van der Waals surface area contributed by atoms with Crippen LogP contribution in [0, 0.1) is 0 Å². The van der Waals surface area contributed by atoms with Crippen molar-refractivity contribution < 1.29 is 4.79 Å². The maximum atomic E-state index is 12.7. The van der Waals surface area contributed by atoms with E-state index in [9.17, 15) is 4.79 Å². The summed E-state index contributed by atoms with van der Waals surface area (Å²) >= 11 is 6.38. The van der Waals surface area contributed by atoms with E-state index in [0.717, 1.165) is 35.0 Å². The first-order chi connectivity index (χ1) is 12.7. The van der Waals surface area contributed by atoms with Gasteiger partial charge in [-0.3, -0.25) is 0 Å².